The highest BCUT2D eigenvalue weighted by molar-refractivity contribution is 5.33. The molecule has 2 N–H and O–H groups in total. The molecule has 2 rings (SSSR count). The molecule has 0 amide bonds. The average Bonchev–Trinajstić information content (AvgIpc) is 2.65. The third kappa shape index (κ3) is 2.79. The first-order valence-corrected chi connectivity index (χ1v) is 6.41. The number of aryl methyl sites for hydroxylation is 2. The lowest BCUT2D eigenvalue weighted by atomic mass is 9.98. The van der Waals surface area contributed by atoms with Crippen molar-refractivity contribution in [3.8, 4) is 5.75 Å². The van der Waals surface area contributed by atoms with E-state index < -0.39 is 0 Å². The maximum atomic E-state index is 6.31. The van der Waals surface area contributed by atoms with Crippen molar-refractivity contribution in [3.63, 3.8) is 0 Å². The molecule has 102 valence electrons. The summed E-state index contributed by atoms with van der Waals surface area (Å²) in [6, 6.07) is 7.88. The number of nitrogens with two attached hydrogens (primary N) is 1. The van der Waals surface area contributed by atoms with Crippen molar-refractivity contribution in [2.24, 2.45) is 12.8 Å². The second-order valence-electron chi connectivity index (χ2n) is 4.86. The number of hydrogen-bond acceptors (Lipinski definition) is 3. The van der Waals surface area contributed by atoms with Crippen LogP contribution in [0.3, 0.4) is 0 Å². The number of methoxy groups -OCH3 is 1. The first-order chi connectivity index (χ1) is 9.02. The molecule has 1 atom stereocenters. The highest BCUT2D eigenvalue weighted by atomic mass is 16.5. The van der Waals surface area contributed by atoms with Crippen LogP contribution in [0, 0.1) is 13.8 Å². The van der Waals surface area contributed by atoms with Crippen LogP contribution in [0.5, 0.6) is 5.75 Å². The predicted molar refractivity (Wildman–Crippen MR) is 76.3 cm³/mol. The fourth-order valence-corrected chi connectivity index (χ4v) is 2.32. The molecule has 0 aliphatic rings. The molecule has 0 saturated carbocycles. The predicted octanol–water partition coefficient (Wildman–Crippen LogP) is 2.29. The summed E-state index contributed by atoms with van der Waals surface area (Å²) in [6.45, 7) is 4.11. The van der Waals surface area contributed by atoms with E-state index in [0.29, 0.717) is 0 Å². The summed E-state index contributed by atoms with van der Waals surface area (Å²) >= 11 is 0. The van der Waals surface area contributed by atoms with Crippen LogP contribution in [-0.2, 0) is 13.5 Å². The first kappa shape index (κ1) is 13.6. The van der Waals surface area contributed by atoms with Crippen molar-refractivity contribution in [3.05, 3.63) is 46.8 Å². The summed E-state index contributed by atoms with van der Waals surface area (Å²) in [5.41, 5.74) is 10.9. The van der Waals surface area contributed by atoms with E-state index in [2.05, 4.69) is 12.0 Å². The zero-order chi connectivity index (χ0) is 14.0. The minimum Gasteiger partial charge on any atom is -0.497 e. The molecule has 0 radical (unpaired) electrons. The normalized spacial score (nSPS) is 12.5. The molecule has 0 aliphatic heterocycles. The molecule has 1 unspecified atom stereocenters. The van der Waals surface area contributed by atoms with E-state index in [1.54, 1.807) is 7.11 Å². The molecule has 2 aromatic rings. The summed E-state index contributed by atoms with van der Waals surface area (Å²) < 4.78 is 7.14. The molecule has 0 aliphatic carbocycles. The molecule has 0 spiro atoms. The molecule has 4 nitrogen and oxygen atoms in total. The molecule has 0 bridgehead atoms. The van der Waals surface area contributed by atoms with Crippen LogP contribution in [0.15, 0.2) is 24.3 Å². The largest absolute Gasteiger partial charge is 0.497 e. The van der Waals surface area contributed by atoms with Gasteiger partial charge in [-0.05, 0) is 43.5 Å². The Morgan fingerprint density at radius 3 is 2.68 bits per heavy atom. The van der Waals surface area contributed by atoms with Gasteiger partial charge in [-0.1, -0.05) is 12.1 Å². The Hall–Kier alpha value is -1.81. The zero-order valence-electron chi connectivity index (χ0n) is 12.0. The van der Waals surface area contributed by atoms with Crippen molar-refractivity contribution in [2.75, 3.05) is 7.11 Å². The molecule has 1 aromatic carbocycles. The van der Waals surface area contributed by atoms with E-state index in [0.717, 1.165) is 23.4 Å². The highest BCUT2D eigenvalue weighted by Gasteiger charge is 2.14. The van der Waals surface area contributed by atoms with Gasteiger partial charge >= 0.3 is 0 Å². The number of benzene rings is 1. The van der Waals surface area contributed by atoms with Crippen molar-refractivity contribution < 1.29 is 4.74 Å². The van der Waals surface area contributed by atoms with Gasteiger partial charge in [0.2, 0.25) is 0 Å². The van der Waals surface area contributed by atoms with E-state index in [9.17, 15) is 0 Å². The van der Waals surface area contributed by atoms with Crippen LogP contribution in [0.4, 0.5) is 0 Å². The fourth-order valence-electron chi connectivity index (χ4n) is 2.32. The molecular weight excluding hydrogens is 238 g/mol. The number of hydrogen-bond donors (Lipinski definition) is 1. The van der Waals surface area contributed by atoms with Crippen LogP contribution < -0.4 is 10.5 Å². The van der Waals surface area contributed by atoms with Crippen LogP contribution in [0.1, 0.15) is 28.6 Å². The Bertz CT molecular complexity index is 575. The second-order valence-corrected chi connectivity index (χ2v) is 4.86. The van der Waals surface area contributed by atoms with Gasteiger partial charge in [0, 0.05) is 18.8 Å². The SMILES string of the molecule is COc1cccc(C(N)Cc2c(C)nn(C)c2C)c1. The maximum absolute atomic E-state index is 6.31. The third-order valence-electron chi connectivity index (χ3n) is 3.60. The number of aromatic nitrogens is 2. The summed E-state index contributed by atoms with van der Waals surface area (Å²) in [4.78, 5) is 0. The lowest BCUT2D eigenvalue weighted by Gasteiger charge is -2.13. The Kier molecular flexibility index (Phi) is 3.90. The van der Waals surface area contributed by atoms with Gasteiger partial charge in [0.1, 0.15) is 5.75 Å². The van der Waals surface area contributed by atoms with Crippen LogP contribution >= 0.6 is 0 Å². The first-order valence-electron chi connectivity index (χ1n) is 6.41. The molecule has 4 heteroatoms. The minimum absolute atomic E-state index is 0.0447. The van der Waals surface area contributed by atoms with Crippen LogP contribution in [0.25, 0.3) is 0 Å². The lowest BCUT2D eigenvalue weighted by Crippen LogP contribution is -2.14. The Morgan fingerprint density at radius 2 is 2.11 bits per heavy atom. The molecule has 1 heterocycles. The van der Waals surface area contributed by atoms with Gasteiger partial charge in [0.05, 0.1) is 12.8 Å². The Labute approximate surface area is 114 Å². The van der Waals surface area contributed by atoms with Gasteiger partial charge in [0.15, 0.2) is 0 Å². The van der Waals surface area contributed by atoms with E-state index in [4.69, 9.17) is 10.5 Å². The molecular formula is C15H21N3O. The maximum Gasteiger partial charge on any atom is 0.119 e. The fraction of sp³-hybridized carbons (Fsp3) is 0.400. The highest BCUT2D eigenvalue weighted by Crippen LogP contribution is 2.23. The van der Waals surface area contributed by atoms with E-state index in [-0.39, 0.29) is 6.04 Å². The van der Waals surface area contributed by atoms with Crippen LogP contribution in [-0.4, -0.2) is 16.9 Å². The van der Waals surface area contributed by atoms with Gasteiger partial charge in [-0.15, -0.1) is 0 Å². The summed E-state index contributed by atoms with van der Waals surface area (Å²) in [5, 5.41) is 4.43. The summed E-state index contributed by atoms with van der Waals surface area (Å²) in [7, 11) is 3.63. The van der Waals surface area contributed by atoms with E-state index >= 15 is 0 Å². The molecule has 0 saturated heterocycles. The van der Waals surface area contributed by atoms with E-state index in [1.165, 1.54) is 11.3 Å². The van der Waals surface area contributed by atoms with Gasteiger partial charge < -0.3 is 10.5 Å². The Balaban J connectivity index is 2.22. The second kappa shape index (κ2) is 5.45. The Morgan fingerprint density at radius 1 is 1.37 bits per heavy atom. The topological polar surface area (TPSA) is 53.1 Å². The van der Waals surface area contributed by atoms with Gasteiger partial charge in [-0.2, -0.15) is 5.10 Å². The summed E-state index contributed by atoms with van der Waals surface area (Å²) in [6.07, 6.45) is 0.790. The average molecular weight is 259 g/mol. The lowest BCUT2D eigenvalue weighted by molar-refractivity contribution is 0.414. The van der Waals surface area contributed by atoms with Gasteiger partial charge in [-0.3, -0.25) is 4.68 Å². The quantitative estimate of drug-likeness (QED) is 0.916. The monoisotopic (exact) mass is 259 g/mol. The smallest absolute Gasteiger partial charge is 0.119 e. The van der Waals surface area contributed by atoms with Crippen molar-refractivity contribution in [1.82, 2.24) is 9.78 Å². The molecule has 19 heavy (non-hydrogen) atoms. The van der Waals surface area contributed by atoms with Crippen molar-refractivity contribution in [1.29, 1.82) is 0 Å². The number of ether oxygens (including phenoxy) is 1. The van der Waals surface area contributed by atoms with Crippen LogP contribution in [0.2, 0.25) is 0 Å². The minimum atomic E-state index is -0.0447. The number of nitrogens with zero attached hydrogens (tertiary/aromatic N) is 2. The van der Waals surface area contributed by atoms with Crippen molar-refractivity contribution >= 4 is 0 Å². The molecule has 1 aromatic heterocycles. The zero-order valence-corrected chi connectivity index (χ0v) is 12.0. The summed E-state index contributed by atoms with van der Waals surface area (Å²) in [5.74, 6) is 0.840. The van der Waals surface area contributed by atoms with Crippen molar-refractivity contribution in [2.45, 2.75) is 26.3 Å². The number of rotatable bonds is 4. The third-order valence-corrected chi connectivity index (χ3v) is 3.60. The van der Waals surface area contributed by atoms with Gasteiger partial charge in [-0.25, -0.2) is 0 Å². The van der Waals surface area contributed by atoms with E-state index in [1.807, 2.05) is 42.9 Å². The molecule has 0 fully saturated rings. The van der Waals surface area contributed by atoms with Gasteiger partial charge in [0.25, 0.3) is 0 Å². The standard InChI is InChI=1S/C15H21N3O/c1-10-14(11(2)18(3)17-10)9-15(16)12-6-5-7-13(8-12)19-4/h5-8,15H,9,16H2,1-4H3.